The van der Waals surface area contributed by atoms with Gasteiger partial charge in [0.2, 0.25) is 5.91 Å². The van der Waals surface area contributed by atoms with Gasteiger partial charge in [0.05, 0.1) is 0 Å². The molecule has 0 radical (unpaired) electrons. The molecule has 0 unspecified atom stereocenters. The summed E-state index contributed by atoms with van der Waals surface area (Å²) in [5, 5.41) is 3.55. The van der Waals surface area contributed by atoms with Gasteiger partial charge in [0.25, 0.3) is 5.91 Å². The second-order valence-electron chi connectivity index (χ2n) is 6.92. The number of nitrogens with zero attached hydrogens (tertiary/aromatic N) is 1. The summed E-state index contributed by atoms with van der Waals surface area (Å²) < 4.78 is 5.70. The number of halogens is 1. The highest BCUT2D eigenvalue weighted by molar-refractivity contribution is 6.31. The van der Waals surface area contributed by atoms with Gasteiger partial charge in [-0.15, -0.1) is 0 Å². The first-order chi connectivity index (χ1) is 14.0. The van der Waals surface area contributed by atoms with Crippen molar-refractivity contribution in [3.63, 3.8) is 0 Å². The maximum atomic E-state index is 13.0. The van der Waals surface area contributed by atoms with Crippen molar-refractivity contribution in [3.8, 4) is 5.75 Å². The fourth-order valence-electron chi connectivity index (χ4n) is 3.00. The number of rotatable bonds is 10. The summed E-state index contributed by atoms with van der Waals surface area (Å²) in [7, 11) is 0. The largest absolute Gasteiger partial charge is 0.484 e. The van der Waals surface area contributed by atoms with Gasteiger partial charge in [0.15, 0.2) is 6.61 Å². The highest BCUT2D eigenvalue weighted by atomic mass is 35.5. The lowest BCUT2D eigenvalue weighted by Gasteiger charge is -2.30. The van der Waals surface area contributed by atoms with Gasteiger partial charge in [-0.05, 0) is 49.1 Å². The topological polar surface area (TPSA) is 58.6 Å². The second-order valence-corrected chi connectivity index (χ2v) is 7.33. The number of amides is 2. The summed E-state index contributed by atoms with van der Waals surface area (Å²) in [6.07, 6.45) is 1.36. The fraction of sp³-hybridized carbons (Fsp3) is 0.391. The van der Waals surface area contributed by atoms with Crippen LogP contribution in [0.4, 0.5) is 0 Å². The molecule has 0 fully saturated rings. The van der Waals surface area contributed by atoms with Crippen LogP contribution in [0.5, 0.6) is 5.75 Å². The summed E-state index contributed by atoms with van der Waals surface area (Å²) in [6.45, 7) is 6.57. The summed E-state index contributed by atoms with van der Waals surface area (Å²) in [5.74, 6) is 0.198. The minimum absolute atomic E-state index is 0.138. The molecule has 0 aromatic heterocycles. The molecule has 1 atom stereocenters. The van der Waals surface area contributed by atoms with E-state index in [-0.39, 0.29) is 18.4 Å². The van der Waals surface area contributed by atoms with Gasteiger partial charge in [-0.3, -0.25) is 9.59 Å². The number of benzene rings is 2. The molecule has 0 spiro atoms. The van der Waals surface area contributed by atoms with Crippen LogP contribution in [0.25, 0.3) is 0 Å². The predicted molar refractivity (Wildman–Crippen MR) is 116 cm³/mol. The van der Waals surface area contributed by atoms with Gasteiger partial charge in [-0.25, -0.2) is 0 Å². The normalized spacial score (nSPS) is 11.6. The number of hydrogen-bond acceptors (Lipinski definition) is 3. The SMILES string of the molecule is CCCNC(=O)[C@@H](CC)N(Cc1ccccc1)C(=O)COc1ccc(Cl)c(C)c1. The third-order valence-corrected chi connectivity index (χ3v) is 5.05. The van der Waals surface area contributed by atoms with Crippen molar-refractivity contribution in [2.75, 3.05) is 13.2 Å². The third kappa shape index (κ3) is 6.79. The molecule has 0 aliphatic rings. The maximum Gasteiger partial charge on any atom is 0.261 e. The zero-order valence-corrected chi connectivity index (χ0v) is 18.0. The van der Waals surface area contributed by atoms with Gasteiger partial charge in [-0.2, -0.15) is 0 Å². The Hall–Kier alpha value is -2.53. The Morgan fingerprint density at radius 2 is 1.86 bits per heavy atom. The second kappa shape index (κ2) is 11.5. The van der Waals surface area contributed by atoms with E-state index in [0.29, 0.717) is 30.3 Å². The first kappa shape index (κ1) is 22.8. The molecule has 0 bridgehead atoms. The first-order valence-corrected chi connectivity index (χ1v) is 10.3. The number of nitrogens with one attached hydrogen (secondary N) is 1. The van der Waals surface area contributed by atoms with Crippen LogP contribution in [0.2, 0.25) is 5.02 Å². The van der Waals surface area contributed by atoms with Gasteiger partial charge in [0, 0.05) is 18.1 Å². The van der Waals surface area contributed by atoms with Crippen LogP contribution < -0.4 is 10.1 Å². The highest BCUT2D eigenvalue weighted by Gasteiger charge is 2.28. The number of hydrogen-bond donors (Lipinski definition) is 1. The van der Waals surface area contributed by atoms with E-state index in [2.05, 4.69) is 5.32 Å². The Labute approximate surface area is 178 Å². The molecule has 2 rings (SSSR count). The van der Waals surface area contributed by atoms with Gasteiger partial charge in [-0.1, -0.05) is 55.8 Å². The molecule has 2 amide bonds. The molecular weight excluding hydrogens is 388 g/mol. The van der Waals surface area contributed by atoms with Gasteiger partial charge >= 0.3 is 0 Å². The molecule has 2 aromatic rings. The van der Waals surface area contributed by atoms with E-state index >= 15 is 0 Å². The van der Waals surface area contributed by atoms with Crippen molar-refractivity contribution in [2.45, 2.75) is 46.2 Å². The van der Waals surface area contributed by atoms with E-state index in [1.54, 1.807) is 23.1 Å². The Bertz CT molecular complexity index is 811. The molecule has 0 aliphatic heterocycles. The molecule has 29 heavy (non-hydrogen) atoms. The van der Waals surface area contributed by atoms with Crippen LogP contribution in [0, 0.1) is 6.92 Å². The number of ether oxygens (including phenoxy) is 1. The van der Waals surface area contributed by atoms with Crippen LogP contribution in [0.15, 0.2) is 48.5 Å². The summed E-state index contributed by atoms with van der Waals surface area (Å²) in [5.41, 5.74) is 1.84. The molecule has 1 N–H and O–H groups in total. The van der Waals surface area contributed by atoms with Gasteiger partial charge in [0.1, 0.15) is 11.8 Å². The van der Waals surface area contributed by atoms with E-state index in [9.17, 15) is 9.59 Å². The van der Waals surface area contributed by atoms with Crippen molar-refractivity contribution in [1.29, 1.82) is 0 Å². The standard InChI is InChI=1S/C23H29ClN2O3/c1-4-13-25-23(28)21(5-2)26(15-18-9-7-6-8-10-18)22(27)16-29-19-11-12-20(24)17(3)14-19/h6-12,14,21H,4-5,13,15-16H2,1-3H3,(H,25,28)/t21-/m1/s1. The maximum absolute atomic E-state index is 13.0. The zero-order valence-electron chi connectivity index (χ0n) is 17.3. The number of carbonyl (C=O) groups excluding carboxylic acids is 2. The Morgan fingerprint density at radius 3 is 2.48 bits per heavy atom. The van der Waals surface area contributed by atoms with Gasteiger partial charge < -0.3 is 15.0 Å². The van der Waals surface area contributed by atoms with Crippen molar-refractivity contribution in [3.05, 3.63) is 64.7 Å². The lowest BCUT2D eigenvalue weighted by Crippen LogP contribution is -2.50. The molecule has 0 saturated heterocycles. The quantitative estimate of drug-likeness (QED) is 0.626. The summed E-state index contributed by atoms with van der Waals surface area (Å²) in [6, 6.07) is 14.4. The smallest absolute Gasteiger partial charge is 0.261 e. The minimum Gasteiger partial charge on any atom is -0.484 e. The van der Waals surface area contributed by atoms with Crippen molar-refractivity contribution in [2.24, 2.45) is 0 Å². The Balaban J connectivity index is 2.16. The molecule has 156 valence electrons. The average Bonchev–Trinajstić information content (AvgIpc) is 2.73. The lowest BCUT2D eigenvalue weighted by molar-refractivity contribution is -0.143. The molecule has 5 nitrogen and oxygen atoms in total. The van der Waals surface area contributed by atoms with Crippen LogP contribution >= 0.6 is 11.6 Å². The third-order valence-electron chi connectivity index (χ3n) is 4.62. The lowest BCUT2D eigenvalue weighted by atomic mass is 10.1. The van der Waals surface area contributed by atoms with Crippen LogP contribution in [-0.2, 0) is 16.1 Å². The number of carbonyl (C=O) groups is 2. The Kier molecular flexibility index (Phi) is 9.00. The van der Waals surface area contributed by atoms with Crippen molar-refractivity contribution in [1.82, 2.24) is 10.2 Å². The fourth-order valence-corrected chi connectivity index (χ4v) is 3.12. The molecule has 0 saturated carbocycles. The average molecular weight is 417 g/mol. The molecule has 0 heterocycles. The van der Waals surface area contributed by atoms with Crippen LogP contribution in [0.3, 0.4) is 0 Å². The number of aryl methyl sites for hydroxylation is 1. The first-order valence-electron chi connectivity index (χ1n) is 9.96. The molecule has 6 heteroatoms. The summed E-state index contributed by atoms with van der Waals surface area (Å²) in [4.78, 5) is 27.3. The minimum atomic E-state index is -0.551. The Morgan fingerprint density at radius 1 is 1.14 bits per heavy atom. The van der Waals surface area contributed by atoms with Crippen molar-refractivity contribution >= 4 is 23.4 Å². The summed E-state index contributed by atoms with van der Waals surface area (Å²) >= 11 is 6.05. The van der Waals surface area contributed by atoms with E-state index in [4.69, 9.17) is 16.3 Å². The predicted octanol–water partition coefficient (Wildman–Crippen LogP) is 4.36. The van der Waals surface area contributed by atoms with Crippen molar-refractivity contribution < 1.29 is 14.3 Å². The monoisotopic (exact) mass is 416 g/mol. The van der Waals surface area contributed by atoms with E-state index in [1.165, 1.54) is 0 Å². The highest BCUT2D eigenvalue weighted by Crippen LogP contribution is 2.21. The van der Waals surface area contributed by atoms with Crippen LogP contribution in [-0.4, -0.2) is 35.9 Å². The van der Waals surface area contributed by atoms with E-state index in [1.807, 2.05) is 51.1 Å². The molecule has 0 aliphatic carbocycles. The molecular formula is C23H29ClN2O3. The van der Waals surface area contributed by atoms with E-state index in [0.717, 1.165) is 17.5 Å². The van der Waals surface area contributed by atoms with E-state index < -0.39 is 6.04 Å². The van der Waals surface area contributed by atoms with Crippen LogP contribution in [0.1, 0.15) is 37.8 Å². The zero-order chi connectivity index (χ0) is 21.2. The molecule has 2 aromatic carbocycles.